The zero-order valence-electron chi connectivity index (χ0n) is 12.9. The molecule has 1 heterocycles. The Kier molecular flexibility index (Phi) is 4.90. The van der Waals surface area contributed by atoms with Crippen molar-refractivity contribution in [1.82, 2.24) is 4.90 Å². The number of benzene rings is 1. The van der Waals surface area contributed by atoms with Gasteiger partial charge in [0, 0.05) is 37.9 Å². The number of hydrogen-bond donors (Lipinski definition) is 1. The zero-order valence-corrected chi connectivity index (χ0v) is 14.4. The highest BCUT2D eigenvalue weighted by atomic mass is 35.5. The summed E-state index contributed by atoms with van der Waals surface area (Å²) in [5.74, 6) is -2.56. The van der Waals surface area contributed by atoms with Crippen LogP contribution in [0.5, 0.6) is 0 Å². The standard InChI is InChI=1S/C17H21Cl2F2NO/c18-13-3-2-12(10-14(13)19)16(4-1-5-16)15(23)11-22-8-6-17(20,21)7-9-22/h2-3,10,15,23H,1,4-9,11H2. The first-order chi connectivity index (χ1) is 10.8. The maximum Gasteiger partial charge on any atom is 0.250 e. The number of halogens is 4. The van der Waals surface area contributed by atoms with Crippen molar-refractivity contribution in [2.24, 2.45) is 0 Å². The molecule has 0 bridgehead atoms. The van der Waals surface area contributed by atoms with Crippen LogP contribution in [0.2, 0.25) is 10.0 Å². The molecule has 2 aliphatic rings. The monoisotopic (exact) mass is 363 g/mol. The molecule has 1 aliphatic heterocycles. The number of nitrogens with zero attached hydrogens (tertiary/aromatic N) is 1. The van der Waals surface area contributed by atoms with Gasteiger partial charge in [0.05, 0.1) is 16.1 Å². The largest absolute Gasteiger partial charge is 0.391 e. The fourth-order valence-corrected chi connectivity index (χ4v) is 3.96. The highest BCUT2D eigenvalue weighted by Gasteiger charge is 2.46. The van der Waals surface area contributed by atoms with E-state index in [2.05, 4.69) is 0 Å². The van der Waals surface area contributed by atoms with Crippen LogP contribution in [-0.4, -0.2) is 41.7 Å². The number of rotatable bonds is 4. The van der Waals surface area contributed by atoms with Gasteiger partial charge in [0.25, 0.3) is 5.92 Å². The van der Waals surface area contributed by atoms with Gasteiger partial charge >= 0.3 is 0 Å². The molecule has 23 heavy (non-hydrogen) atoms. The Morgan fingerprint density at radius 3 is 2.26 bits per heavy atom. The third kappa shape index (κ3) is 3.51. The van der Waals surface area contributed by atoms with E-state index in [1.165, 1.54) is 0 Å². The molecule has 2 nitrogen and oxygen atoms in total. The van der Waals surface area contributed by atoms with Gasteiger partial charge in [0.2, 0.25) is 0 Å². The molecule has 128 valence electrons. The van der Waals surface area contributed by atoms with Crippen molar-refractivity contribution in [3.05, 3.63) is 33.8 Å². The normalized spacial score (nSPS) is 24.9. The second-order valence-corrected chi connectivity index (χ2v) is 7.63. The molecule has 1 unspecified atom stereocenters. The van der Waals surface area contributed by atoms with Gasteiger partial charge in [-0.25, -0.2) is 8.78 Å². The lowest BCUT2D eigenvalue weighted by atomic mass is 9.61. The molecule has 1 N–H and O–H groups in total. The average molecular weight is 364 g/mol. The number of piperidine rings is 1. The molecule has 0 spiro atoms. The predicted molar refractivity (Wildman–Crippen MR) is 88.6 cm³/mol. The van der Waals surface area contributed by atoms with E-state index in [0.717, 1.165) is 24.8 Å². The molecule has 1 saturated carbocycles. The first-order valence-corrected chi connectivity index (χ1v) is 8.82. The van der Waals surface area contributed by atoms with E-state index in [1.807, 2.05) is 17.0 Å². The SMILES string of the molecule is OC(CN1CCC(F)(F)CC1)C1(c2ccc(Cl)c(Cl)c2)CCC1. The van der Waals surface area contributed by atoms with Crippen LogP contribution in [0.4, 0.5) is 8.78 Å². The minimum absolute atomic E-state index is 0.126. The number of β-amino-alcohol motifs (C(OH)–C–C–N with tert-alkyl or cyclic N) is 1. The van der Waals surface area contributed by atoms with E-state index >= 15 is 0 Å². The highest BCUT2D eigenvalue weighted by molar-refractivity contribution is 6.42. The molecule has 1 atom stereocenters. The van der Waals surface area contributed by atoms with Crippen LogP contribution >= 0.6 is 23.2 Å². The lowest BCUT2D eigenvalue weighted by Gasteiger charge is -2.48. The smallest absolute Gasteiger partial charge is 0.250 e. The van der Waals surface area contributed by atoms with Crippen LogP contribution in [0.15, 0.2) is 18.2 Å². The molecule has 0 radical (unpaired) electrons. The Balaban J connectivity index is 1.71. The van der Waals surface area contributed by atoms with Gasteiger partial charge in [-0.05, 0) is 30.5 Å². The van der Waals surface area contributed by atoms with Crippen molar-refractivity contribution in [2.75, 3.05) is 19.6 Å². The lowest BCUT2D eigenvalue weighted by molar-refractivity contribution is -0.0704. The molecule has 0 aromatic heterocycles. The second-order valence-electron chi connectivity index (χ2n) is 6.81. The van der Waals surface area contributed by atoms with Gasteiger partial charge in [-0.3, -0.25) is 0 Å². The van der Waals surface area contributed by atoms with E-state index in [4.69, 9.17) is 23.2 Å². The molecule has 1 aliphatic carbocycles. The first-order valence-electron chi connectivity index (χ1n) is 8.06. The van der Waals surface area contributed by atoms with Crippen LogP contribution in [0.1, 0.15) is 37.7 Å². The lowest BCUT2D eigenvalue weighted by Crippen LogP contribution is -2.52. The van der Waals surface area contributed by atoms with E-state index in [1.54, 1.807) is 6.07 Å². The summed E-state index contributed by atoms with van der Waals surface area (Å²) >= 11 is 12.1. The number of aliphatic hydroxyl groups is 1. The third-order valence-electron chi connectivity index (χ3n) is 5.40. The van der Waals surface area contributed by atoms with Crippen LogP contribution in [0.25, 0.3) is 0 Å². The number of hydrogen-bond acceptors (Lipinski definition) is 2. The van der Waals surface area contributed by atoms with Gasteiger partial charge in [-0.15, -0.1) is 0 Å². The average Bonchev–Trinajstić information content (AvgIpc) is 2.44. The quantitative estimate of drug-likeness (QED) is 0.850. The van der Waals surface area contributed by atoms with Crippen molar-refractivity contribution >= 4 is 23.2 Å². The first kappa shape index (κ1) is 17.4. The van der Waals surface area contributed by atoms with E-state index in [0.29, 0.717) is 29.7 Å². The van der Waals surface area contributed by atoms with Gasteiger partial charge in [0.15, 0.2) is 0 Å². The Hall–Kier alpha value is -0.420. The van der Waals surface area contributed by atoms with E-state index in [9.17, 15) is 13.9 Å². The van der Waals surface area contributed by atoms with Crippen molar-refractivity contribution in [2.45, 2.75) is 49.5 Å². The van der Waals surface area contributed by atoms with Crippen molar-refractivity contribution in [1.29, 1.82) is 0 Å². The summed E-state index contributed by atoms with van der Waals surface area (Å²) in [5, 5.41) is 11.8. The zero-order chi connectivity index (χ0) is 16.7. The number of aliphatic hydroxyl groups excluding tert-OH is 1. The van der Waals surface area contributed by atoms with Gasteiger partial charge < -0.3 is 10.0 Å². The van der Waals surface area contributed by atoms with E-state index in [-0.39, 0.29) is 18.3 Å². The fourth-order valence-electron chi connectivity index (χ4n) is 3.66. The third-order valence-corrected chi connectivity index (χ3v) is 6.14. The van der Waals surface area contributed by atoms with Crippen molar-refractivity contribution < 1.29 is 13.9 Å². The molecule has 1 aromatic rings. The van der Waals surface area contributed by atoms with Crippen LogP contribution in [0, 0.1) is 0 Å². The molecule has 3 rings (SSSR count). The molecule has 2 fully saturated rings. The maximum absolute atomic E-state index is 13.3. The van der Waals surface area contributed by atoms with Crippen molar-refractivity contribution in [3.63, 3.8) is 0 Å². The Labute approximate surface area is 145 Å². The summed E-state index contributed by atoms with van der Waals surface area (Å²) in [7, 11) is 0. The molecule has 1 aromatic carbocycles. The molecular formula is C17H21Cl2F2NO. The summed E-state index contributed by atoms with van der Waals surface area (Å²) in [4.78, 5) is 1.94. The molecule has 6 heteroatoms. The van der Waals surface area contributed by atoms with Crippen molar-refractivity contribution in [3.8, 4) is 0 Å². The summed E-state index contributed by atoms with van der Waals surface area (Å²) < 4.78 is 26.5. The summed E-state index contributed by atoms with van der Waals surface area (Å²) in [6.45, 7) is 1.10. The van der Waals surface area contributed by atoms with Crippen LogP contribution in [0.3, 0.4) is 0 Å². The molecule has 1 saturated heterocycles. The van der Waals surface area contributed by atoms with Gasteiger partial charge in [-0.1, -0.05) is 35.7 Å². The second kappa shape index (κ2) is 6.47. The Morgan fingerprint density at radius 2 is 1.74 bits per heavy atom. The van der Waals surface area contributed by atoms with E-state index < -0.39 is 12.0 Å². The van der Waals surface area contributed by atoms with Gasteiger partial charge in [-0.2, -0.15) is 0 Å². The number of alkyl halides is 2. The summed E-state index contributed by atoms with van der Waals surface area (Å²) in [5.41, 5.74) is 0.668. The summed E-state index contributed by atoms with van der Waals surface area (Å²) in [6.07, 6.45) is 1.99. The number of likely N-dealkylation sites (tertiary alicyclic amines) is 1. The highest BCUT2D eigenvalue weighted by Crippen LogP contribution is 2.48. The predicted octanol–water partition coefficient (Wildman–Crippen LogP) is 4.51. The minimum Gasteiger partial charge on any atom is -0.391 e. The molecular weight excluding hydrogens is 343 g/mol. The topological polar surface area (TPSA) is 23.5 Å². The Bertz CT molecular complexity index is 568. The molecule has 0 amide bonds. The Morgan fingerprint density at radius 1 is 1.09 bits per heavy atom. The fraction of sp³-hybridized carbons (Fsp3) is 0.647. The van der Waals surface area contributed by atoms with Gasteiger partial charge in [0.1, 0.15) is 0 Å². The van der Waals surface area contributed by atoms with Crippen LogP contribution in [-0.2, 0) is 5.41 Å². The maximum atomic E-state index is 13.3. The van der Waals surface area contributed by atoms with Crippen LogP contribution < -0.4 is 0 Å². The summed E-state index contributed by atoms with van der Waals surface area (Å²) in [6, 6.07) is 5.50. The minimum atomic E-state index is -2.56.